The van der Waals surface area contributed by atoms with Crippen LogP contribution in [0.15, 0.2) is 24.4 Å². The summed E-state index contributed by atoms with van der Waals surface area (Å²) in [5.74, 6) is 0.537. The van der Waals surface area contributed by atoms with E-state index in [2.05, 4.69) is 29.1 Å². The molecule has 0 unspecified atom stereocenters. The van der Waals surface area contributed by atoms with Gasteiger partial charge in [-0.2, -0.15) is 0 Å². The Balaban J connectivity index is 1.74. The molecule has 1 aromatic carbocycles. The van der Waals surface area contributed by atoms with Crippen molar-refractivity contribution in [2.75, 3.05) is 13.2 Å². The van der Waals surface area contributed by atoms with E-state index in [1.54, 1.807) is 12.1 Å². The summed E-state index contributed by atoms with van der Waals surface area (Å²) in [5.41, 5.74) is 1.80. The van der Waals surface area contributed by atoms with Gasteiger partial charge in [-0.1, -0.05) is 5.21 Å². The summed E-state index contributed by atoms with van der Waals surface area (Å²) >= 11 is 0. The molecule has 5 nitrogen and oxygen atoms in total. The van der Waals surface area contributed by atoms with Gasteiger partial charge in [0, 0.05) is 31.2 Å². The number of hydrogen-bond donors (Lipinski definition) is 0. The number of nitrogens with zero attached hydrogens (tertiary/aromatic N) is 4. The van der Waals surface area contributed by atoms with Crippen LogP contribution in [-0.4, -0.2) is 33.0 Å². The van der Waals surface area contributed by atoms with E-state index in [0.29, 0.717) is 25.7 Å². The van der Waals surface area contributed by atoms with E-state index in [1.165, 1.54) is 6.07 Å². The first kappa shape index (κ1) is 14.0. The Morgan fingerprint density at radius 3 is 3.00 bits per heavy atom. The fourth-order valence-electron chi connectivity index (χ4n) is 2.42. The van der Waals surface area contributed by atoms with Crippen molar-refractivity contribution in [2.24, 2.45) is 0 Å². The lowest BCUT2D eigenvalue weighted by atomic mass is 10.2. The molecule has 1 aliphatic heterocycles. The van der Waals surface area contributed by atoms with Crippen molar-refractivity contribution in [3.8, 4) is 5.75 Å². The second-order valence-electron chi connectivity index (χ2n) is 5.59. The van der Waals surface area contributed by atoms with Gasteiger partial charge in [-0.25, -0.2) is 9.07 Å². The molecule has 2 aromatic rings. The molecule has 0 fully saturated rings. The van der Waals surface area contributed by atoms with Crippen LogP contribution in [0.1, 0.15) is 31.1 Å². The number of fused-ring (bicyclic) bond motifs is 1. The van der Waals surface area contributed by atoms with Crippen LogP contribution >= 0.6 is 0 Å². The van der Waals surface area contributed by atoms with Crippen LogP contribution < -0.4 is 4.74 Å². The number of hydrogen-bond acceptors (Lipinski definition) is 4. The Hall–Kier alpha value is -1.95. The summed E-state index contributed by atoms with van der Waals surface area (Å²) in [5, 5.41) is 8.30. The van der Waals surface area contributed by atoms with E-state index in [-0.39, 0.29) is 5.82 Å². The molecule has 0 N–H and O–H groups in total. The zero-order valence-electron chi connectivity index (χ0n) is 12.3. The quantitative estimate of drug-likeness (QED) is 0.870. The summed E-state index contributed by atoms with van der Waals surface area (Å²) in [7, 11) is 0. The molecule has 3 rings (SSSR count). The highest BCUT2D eigenvalue weighted by Crippen LogP contribution is 2.24. The molecule has 0 bridgehead atoms. The van der Waals surface area contributed by atoms with E-state index < -0.39 is 0 Å². The van der Waals surface area contributed by atoms with Gasteiger partial charge in [0.05, 0.1) is 11.9 Å². The summed E-state index contributed by atoms with van der Waals surface area (Å²) in [4.78, 5) is 2.19. The number of ether oxygens (including phenoxy) is 1. The maximum absolute atomic E-state index is 13.4. The van der Waals surface area contributed by atoms with Crippen LogP contribution in [0.4, 0.5) is 4.39 Å². The van der Waals surface area contributed by atoms with Crippen LogP contribution in [-0.2, 0) is 13.1 Å². The predicted octanol–water partition coefficient (Wildman–Crippen LogP) is 2.39. The minimum Gasteiger partial charge on any atom is -0.492 e. The van der Waals surface area contributed by atoms with Crippen molar-refractivity contribution in [1.29, 1.82) is 0 Å². The van der Waals surface area contributed by atoms with Gasteiger partial charge in [0.25, 0.3) is 0 Å². The third-order valence-electron chi connectivity index (χ3n) is 3.55. The third kappa shape index (κ3) is 3.21. The molecule has 0 saturated carbocycles. The lowest BCUT2D eigenvalue weighted by Gasteiger charge is -2.17. The van der Waals surface area contributed by atoms with Crippen molar-refractivity contribution in [1.82, 2.24) is 19.9 Å². The lowest BCUT2D eigenvalue weighted by molar-refractivity contribution is 0.217. The smallest absolute Gasteiger partial charge is 0.124 e. The molecule has 0 amide bonds. The first-order valence-electron chi connectivity index (χ1n) is 7.16. The van der Waals surface area contributed by atoms with Crippen LogP contribution in [0.2, 0.25) is 0 Å². The van der Waals surface area contributed by atoms with E-state index in [4.69, 9.17) is 4.74 Å². The normalized spacial score (nSPS) is 15.6. The van der Waals surface area contributed by atoms with Crippen LogP contribution in [0.3, 0.4) is 0 Å². The summed E-state index contributed by atoms with van der Waals surface area (Å²) in [6, 6.07) is 4.97. The maximum atomic E-state index is 13.4. The van der Waals surface area contributed by atoms with Gasteiger partial charge in [-0.15, -0.1) is 5.10 Å². The van der Waals surface area contributed by atoms with E-state index in [1.807, 2.05) is 10.9 Å². The second kappa shape index (κ2) is 5.81. The van der Waals surface area contributed by atoms with Gasteiger partial charge in [-0.3, -0.25) is 4.90 Å². The first-order valence-corrected chi connectivity index (χ1v) is 7.16. The summed E-state index contributed by atoms with van der Waals surface area (Å²) in [6.45, 7) is 6.85. The van der Waals surface area contributed by atoms with Gasteiger partial charge < -0.3 is 4.74 Å². The molecule has 1 aliphatic rings. The monoisotopic (exact) mass is 290 g/mol. The van der Waals surface area contributed by atoms with Crippen LogP contribution in [0.25, 0.3) is 0 Å². The molecule has 1 aromatic heterocycles. The fourth-order valence-corrected chi connectivity index (χ4v) is 2.42. The van der Waals surface area contributed by atoms with Crippen molar-refractivity contribution in [3.63, 3.8) is 0 Å². The Bertz CT molecular complexity index is 626. The largest absolute Gasteiger partial charge is 0.492 e. The Morgan fingerprint density at radius 1 is 1.38 bits per heavy atom. The average Bonchev–Trinajstić information content (AvgIpc) is 2.80. The van der Waals surface area contributed by atoms with Gasteiger partial charge >= 0.3 is 0 Å². The molecular weight excluding hydrogens is 271 g/mol. The molecular formula is C15H19FN4O. The van der Waals surface area contributed by atoms with Crippen molar-refractivity contribution in [3.05, 3.63) is 41.5 Å². The van der Waals surface area contributed by atoms with Gasteiger partial charge in [0.1, 0.15) is 18.2 Å². The van der Waals surface area contributed by atoms with Gasteiger partial charge in [-0.05, 0) is 32.0 Å². The number of aromatic nitrogens is 3. The number of benzene rings is 1. The van der Waals surface area contributed by atoms with Crippen LogP contribution in [0, 0.1) is 5.82 Å². The Morgan fingerprint density at radius 2 is 2.24 bits per heavy atom. The summed E-state index contributed by atoms with van der Waals surface area (Å²) < 4.78 is 20.9. The molecule has 2 heterocycles. The predicted molar refractivity (Wildman–Crippen MR) is 76.4 cm³/mol. The molecule has 0 aliphatic carbocycles. The van der Waals surface area contributed by atoms with E-state index in [0.717, 1.165) is 23.6 Å². The second-order valence-corrected chi connectivity index (χ2v) is 5.59. The molecule has 0 saturated heterocycles. The number of halogens is 1. The Labute approximate surface area is 123 Å². The minimum absolute atomic E-state index is 0.232. The Kier molecular flexibility index (Phi) is 3.88. The maximum Gasteiger partial charge on any atom is 0.124 e. The lowest BCUT2D eigenvalue weighted by Crippen LogP contribution is -2.25. The van der Waals surface area contributed by atoms with Crippen molar-refractivity contribution >= 4 is 0 Å². The molecule has 0 radical (unpaired) electrons. The van der Waals surface area contributed by atoms with Crippen LogP contribution in [0.5, 0.6) is 5.75 Å². The zero-order valence-corrected chi connectivity index (χ0v) is 12.3. The highest BCUT2D eigenvalue weighted by molar-refractivity contribution is 5.34. The van der Waals surface area contributed by atoms with Crippen molar-refractivity contribution in [2.45, 2.75) is 33.0 Å². The SMILES string of the molecule is CC(C)n1cc(CN2CCOc3ccc(F)cc3C2)nn1. The number of rotatable bonds is 3. The standard InChI is InChI=1S/C15H19FN4O/c1-11(2)20-10-14(17-18-20)9-19-5-6-21-15-4-3-13(16)7-12(15)8-19/h3-4,7,10-11H,5-6,8-9H2,1-2H3. The highest BCUT2D eigenvalue weighted by atomic mass is 19.1. The highest BCUT2D eigenvalue weighted by Gasteiger charge is 2.17. The molecule has 0 atom stereocenters. The van der Waals surface area contributed by atoms with Gasteiger partial charge in [0.2, 0.25) is 0 Å². The van der Waals surface area contributed by atoms with Gasteiger partial charge in [0.15, 0.2) is 0 Å². The molecule has 21 heavy (non-hydrogen) atoms. The average molecular weight is 290 g/mol. The molecule has 0 spiro atoms. The van der Waals surface area contributed by atoms with Crippen molar-refractivity contribution < 1.29 is 9.13 Å². The van der Waals surface area contributed by atoms with E-state index in [9.17, 15) is 4.39 Å². The fraction of sp³-hybridized carbons (Fsp3) is 0.467. The topological polar surface area (TPSA) is 43.2 Å². The zero-order chi connectivity index (χ0) is 14.8. The minimum atomic E-state index is -0.232. The molecule has 112 valence electrons. The summed E-state index contributed by atoms with van der Waals surface area (Å²) in [6.07, 6.45) is 1.96. The van der Waals surface area contributed by atoms with E-state index >= 15 is 0 Å². The third-order valence-corrected chi connectivity index (χ3v) is 3.55. The molecule has 6 heteroatoms. The first-order chi connectivity index (χ1) is 10.1.